The fourth-order valence-electron chi connectivity index (χ4n) is 2.44. The van der Waals surface area contributed by atoms with Crippen LogP contribution in [0.25, 0.3) is 0 Å². The molecule has 1 unspecified atom stereocenters. The van der Waals surface area contributed by atoms with Gasteiger partial charge in [0.25, 0.3) is 0 Å². The van der Waals surface area contributed by atoms with Gasteiger partial charge in [-0.3, -0.25) is 0 Å². The lowest BCUT2D eigenvalue weighted by atomic mass is 10.2. The van der Waals surface area contributed by atoms with E-state index in [4.69, 9.17) is 16.7 Å². The van der Waals surface area contributed by atoms with Crippen molar-refractivity contribution < 1.29 is 9.90 Å². The van der Waals surface area contributed by atoms with E-state index in [0.29, 0.717) is 16.9 Å². The highest BCUT2D eigenvalue weighted by atomic mass is 35.5. The van der Waals surface area contributed by atoms with Crippen LogP contribution in [0.15, 0.2) is 12.3 Å². The van der Waals surface area contributed by atoms with Crippen LogP contribution in [-0.2, 0) is 0 Å². The van der Waals surface area contributed by atoms with Crippen molar-refractivity contribution >= 4 is 23.4 Å². The molecule has 104 valence electrons. The predicted molar refractivity (Wildman–Crippen MR) is 75.1 cm³/mol. The summed E-state index contributed by atoms with van der Waals surface area (Å²) in [6.07, 6.45) is 3.73. The summed E-state index contributed by atoms with van der Waals surface area (Å²) in [5.41, 5.74) is 0.111. The molecule has 6 heteroatoms. The molecule has 1 aliphatic rings. The summed E-state index contributed by atoms with van der Waals surface area (Å²) < 4.78 is 0. The first-order valence-corrected chi connectivity index (χ1v) is 6.67. The fraction of sp³-hybridized carbons (Fsp3) is 0.538. The van der Waals surface area contributed by atoms with Crippen LogP contribution in [0, 0.1) is 0 Å². The number of pyridine rings is 1. The van der Waals surface area contributed by atoms with Gasteiger partial charge in [0.1, 0.15) is 5.82 Å². The molecule has 1 aromatic rings. The topological polar surface area (TPSA) is 56.7 Å². The maximum absolute atomic E-state index is 10.8. The second-order valence-corrected chi connectivity index (χ2v) is 5.40. The van der Waals surface area contributed by atoms with E-state index in [1.807, 2.05) is 11.9 Å². The summed E-state index contributed by atoms with van der Waals surface area (Å²) in [6.45, 7) is 1.97. The average Bonchev–Trinajstić information content (AvgIpc) is 2.74. The molecule has 1 saturated heterocycles. The monoisotopic (exact) mass is 283 g/mol. The fourth-order valence-corrected chi connectivity index (χ4v) is 2.75. The van der Waals surface area contributed by atoms with Crippen LogP contribution in [0.3, 0.4) is 0 Å². The highest BCUT2D eigenvalue weighted by molar-refractivity contribution is 6.33. The van der Waals surface area contributed by atoms with Gasteiger partial charge in [0.2, 0.25) is 0 Å². The minimum Gasteiger partial charge on any atom is -0.478 e. The molecule has 0 bridgehead atoms. The maximum atomic E-state index is 10.8. The Labute approximate surface area is 117 Å². The summed E-state index contributed by atoms with van der Waals surface area (Å²) in [5.74, 6) is -0.383. The molecule has 1 aromatic heterocycles. The van der Waals surface area contributed by atoms with Crippen LogP contribution in [0.1, 0.15) is 23.2 Å². The van der Waals surface area contributed by atoms with Crippen molar-refractivity contribution in [1.29, 1.82) is 0 Å². The highest BCUT2D eigenvalue weighted by Gasteiger charge is 2.23. The average molecular weight is 284 g/mol. The van der Waals surface area contributed by atoms with E-state index >= 15 is 0 Å². The minimum absolute atomic E-state index is 0.111. The number of anilines is 1. The Bertz CT molecular complexity index is 481. The van der Waals surface area contributed by atoms with Crippen molar-refractivity contribution in [2.75, 3.05) is 32.1 Å². The lowest BCUT2D eigenvalue weighted by Gasteiger charge is -2.27. The van der Waals surface area contributed by atoms with E-state index in [1.165, 1.54) is 25.1 Å². The van der Waals surface area contributed by atoms with E-state index in [9.17, 15) is 4.79 Å². The van der Waals surface area contributed by atoms with Gasteiger partial charge in [-0.1, -0.05) is 11.6 Å². The molecule has 2 rings (SSSR count). The summed E-state index contributed by atoms with van der Waals surface area (Å²) >= 11 is 6.11. The molecule has 0 amide bonds. The van der Waals surface area contributed by atoms with Crippen molar-refractivity contribution in [2.45, 2.75) is 18.9 Å². The second-order valence-electron chi connectivity index (χ2n) is 4.99. The van der Waals surface area contributed by atoms with Gasteiger partial charge in [-0.15, -0.1) is 0 Å². The molecule has 0 spiro atoms. The zero-order chi connectivity index (χ0) is 14.0. The molecule has 5 nitrogen and oxygen atoms in total. The number of hydrogen-bond donors (Lipinski definition) is 1. The summed E-state index contributed by atoms with van der Waals surface area (Å²) in [4.78, 5) is 19.3. The SMILES string of the molecule is CN(CC1CCCN1C)c1ncc(C(=O)O)cc1Cl. The van der Waals surface area contributed by atoms with Crippen LogP contribution >= 0.6 is 11.6 Å². The number of aromatic nitrogens is 1. The number of rotatable bonds is 4. The molecule has 19 heavy (non-hydrogen) atoms. The van der Waals surface area contributed by atoms with Gasteiger partial charge >= 0.3 is 5.97 Å². The number of likely N-dealkylation sites (N-methyl/N-ethyl adjacent to an activating group) is 2. The number of hydrogen-bond acceptors (Lipinski definition) is 4. The third kappa shape index (κ3) is 3.16. The first kappa shape index (κ1) is 14.1. The first-order chi connectivity index (χ1) is 8.99. The van der Waals surface area contributed by atoms with Crippen molar-refractivity contribution in [2.24, 2.45) is 0 Å². The first-order valence-electron chi connectivity index (χ1n) is 6.29. The number of carbonyl (C=O) groups is 1. The summed E-state index contributed by atoms with van der Waals surface area (Å²) in [7, 11) is 4.05. The van der Waals surface area contributed by atoms with Gasteiger partial charge in [0.05, 0.1) is 10.6 Å². The Kier molecular flexibility index (Phi) is 4.27. The van der Waals surface area contributed by atoms with Crippen LogP contribution in [0.2, 0.25) is 5.02 Å². The zero-order valence-corrected chi connectivity index (χ0v) is 11.9. The van der Waals surface area contributed by atoms with E-state index in [-0.39, 0.29) is 5.56 Å². The number of halogens is 1. The van der Waals surface area contributed by atoms with Crippen molar-refractivity contribution in [3.8, 4) is 0 Å². The Hall–Kier alpha value is -1.33. The number of nitrogens with zero attached hydrogens (tertiary/aromatic N) is 3. The summed E-state index contributed by atoms with van der Waals surface area (Å²) in [5, 5.41) is 9.26. The molecule has 0 aliphatic carbocycles. The molecule has 1 fully saturated rings. The van der Waals surface area contributed by atoms with Gasteiger partial charge in [0.15, 0.2) is 0 Å². The molecule has 1 atom stereocenters. The lowest BCUT2D eigenvalue weighted by molar-refractivity contribution is 0.0696. The molecule has 0 saturated carbocycles. The van der Waals surface area contributed by atoms with E-state index < -0.39 is 5.97 Å². The van der Waals surface area contributed by atoms with Gasteiger partial charge in [-0.2, -0.15) is 0 Å². The molecular formula is C13H18ClN3O2. The molecular weight excluding hydrogens is 266 g/mol. The van der Waals surface area contributed by atoms with Crippen molar-refractivity contribution in [3.05, 3.63) is 22.8 Å². The molecule has 0 radical (unpaired) electrons. The molecule has 2 heterocycles. The Balaban J connectivity index is 2.10. The van der Waals surface area contributed by atoms with E-state index in [0.717, 1.165) is 13.1 Å². The van der Waals surface area contributed by atoms with Gasteiger partial charge < -0.3 is 14.9 Å². The summed E-state index contributed by atoms with van der Waals surface area (Å²) in [6, 6.07) is 1.95. The largest absolute Gasteiger partial charge is 0.478 e. The van der Waals surface area contributed by atoms with Gasteiger partial charge in [0, 0.05) is 25.8 Å². The second kappa shape index (κ2) is 5.75. The minimum atomic E-state index is -1.01. The zero-order valence-electron chi connectivity index (χ0n) is 11.1. The standard InChI is InChI=1S/C13H18ClN3O2/c1-16-5-3-4-10(16)8-17(2)12-11(14)6-9(7-15-12)13(18)19/h6-7,10H,3-5,8H2,1-2H3,(H,18,19). The maximum Gasteiger partial charge on any atom is 0.337 e. The van der Waals surface area contributed by atoms with E-state index in [2.05, 4.69) is 16.9 Å². The Morgan fingerprint density at radius 3 is 2.95 bits per heavy atom. The number of aromatic carboxylic acids is 1. The quantitative estimate of drug-likeness (QED) is 0.915. The van der Waals surface area contributed by atoms with Crippen LogP contribution in [0.5, 0.6) is 0 Å². The number of carboxylic acids is 1. The van der Waals surface area contributed by atoms with Crippen LogP contribution in [0.4, 0.5) is 5.82 Å². The Morgan fingerprint density at radius 2 is 2.42 bits per heavy atom. The lowest BCUT2D eigenvalue weighted by Crippen LogP contribution is -2.37. The number of carboxylic acid groups (broad SMARTS) is 1. The number of likely N-dealkylation sites (tertiary alicyclic amines) is 1. The third-order valence-corrected chi connectivity index (χ3v) is 3.86. The van der Waals surface area contributed by atoms with Crippen molar-refractivity contribution in [3.63, 3.8) is 0 Å². The molecule has 0 aromatic carbocycles. The third-order valence-electron chi connectivity index (χ3n) is 3.59. The smallest absolute Gasteiger partial charge is 0.337 e. The van der Waals surface area contributed by atoms with E-state index in [1.54, 1.807) is 0 Å². The predicted octanol–water partition coefficient (Wildman–Crippen LogP) is 1.96. The van der Waals surface area contributed by atoms with Gasteiger partial charge in [-0.05, 0) is 32.5 Å². The van der Waals surface area contributed by atoms with Crippen molar-refractivity contribution in [1.82, 2.24) is 9.88 Å². The van der Waals surface area contributed by atoms with Crippen LogP contribution < -0.4 is 4.90 Å². The Morgan fingerprint density at radius 1 is 1.68 bits per heavy atom. The molecule has 1 N–H and O–H groups in total. The highest BCUT2D eigenvalue weighted by Crippen LogP contribution is 2.25. The van der Waals surface area contributed by atoms with Gasteiger partial charge in [-0.25, -0.2) is 9.78 Å². The normalized spacial score (nSPS) is 19.6. The molecule has 1 aliphatic heterocycles. The van der Waals surface area contributed by atoms with Crippen LogP contribution in [-0.4, -0.2) is 54.2 Å².